The van der Waals surface area contributed by atoms with Crippen LogP contribution in [0.3, 0.4) is 0 Å². The number of hydrogen-bond acceptors (Lipinski definition) is 3. The molecule has 0 aliphatic heterocycles. The maximum absolute atomic E-state index is 13.4. The number of benzene rings is 4. The van der Waals surface area contributed by atoms with E-state index in [9.17, 15) is 14.0 Å². The van der Waals surface area contributed by atoms with E-state index in [1.165, 1.54) is 12.1 Å². The first-order valence-electron chi connectivity index (χ1n) is 11.0. The van der Waals surface area contributed by atoms with Gasteiger partial charge in [-0.3, -0.25) is 9.59 Å². The van der Waals surface area contributed by atoms with E-state index in [1.807, 2.05) is 54.6 Å². The molecule has 0 aliphatic rings. The average Bonchev–Trinajstić information content (AvgIpc) is 3.28. The largest absolute Gasteiger partial charge is 0.455 e. The van der Waals surface area contributed by atoms with Crippen LogP contribution < -0.4 is 10.6 Å². The molecule has 0 radical (unpaired) electrons. The SMILES string of the molecule is CNC(=O)c1c(-c2ccc(F)cc2)oc2ccc(-c3cccc(C(=O)Nc4ccccc4)c3)cc12. The molecule has 1 heterocycles. The average molecular weight is 464 g/mol. The summed E-state index contributed by atoms with van der Waals surface area (Å²) in [6, 6.07) is 27.9. The molecule has 0 atom stereocenters. The van der Waals surface area contributed by atoms with Crippen molar-refractivity contribution >= 4 is 28.5 Å². The van der Waals surface area contributed by atoms with Gasteiger partial charge in [-0.25, -0.2) is 4.39 Å². The molecule has 0 fully saturated rings. The number of para-hydroxylation sites is 1. The van der Waals surface area contributed by atoms with Crippen molar-refractivity contribution in [1.29, 1.82) is 0 Å². The molecular weight excluding hydrogens is 443 g/mol. The van der Waals surface area contributed by atoms with Crippen LogP contribution in [0.4, 0.5) is 10.1 Å². The Morgan fingerprint density at radius 3 is 2.20 bits per heavy atom. The van der Waals surface area contributed by atoms with Gasteiger partial charge < -0.3 is 15.1 Å². The third-order valence-electron chi connectivity index (χ3n) is 5.74. The maximum atomic E-state index is 13.4. The quantitative estimate of drug-likeness (QED) is 0.311. The highest BCUT2D eigenvalue weighted by Crippen LogP contribution is 2.36. The summed E-state index contributed by atoms with van der Waals surface area (Å²) in [6.45, 7) is 0. The third-order valence-corrected chi connectivity index (χ3v) is 5.74. The van der Waals surface area contributed by atoms with Gasteiger partial charge in [0.15, 0.2) is 0 Å². The molecule has 5 rings (SSSR count). The fourth-order valence-electron chi connectivity index (χ4n) is 4.00. The fourth-order valence-corrected chi connectivity index (χ4v) is 4.00. The monoisotopic (exact) mass is 464 g/mol. The van der Waals surface area contributed by atoms with Crippen LogP contribution in [0.2, 0.25) is 0 Å². The topological polar surface area (TPSA) is 71.3 Å². The molecule has 0 bridgehead atoms. The van der Waals surface area contributed by atoms with Gasteiger partial charge >= 0.3 is 0 Å². The summed E-state index contributed by atoms with van der Waals surface area (Å²) in [5, 5.41) is 6.18. The molecule has 5 nitrogen and oxygen atoms in total. The molecule has 0 saturated heterocycles. The van der Waals surface area contributed by atoms with E-state index >= 15 is 0 Å². The van der Waals surface area contributed by atoms with Crippen LogP contribution in [-0.4, -0.2) is 18.9 Å². The zero-order valence-corrected chi connectivity index (χ0v) is 18.8. The summed E-state index contributed by atoms with van der Waals surface area (Å²) in [5.74, 6) is -0.527. The van der Waals surface area contributed by atoms with Crippen LogP contribution >= 0.6 is 0 Å². The van der Waals surface area contributed by atoms with Crippen molar-refractivity contribution in [3.63, 3.8) is 0 Å². The van der Waals surface area contributed by atoms with E-state index < -0.39 is 0 Å². The van der Waals surface area contributed by atoms with Crippen LogP contribution in [0, 0.1) is 5.82 Å². The molecule has 2 amide bonds. The number of furan rings is 1. The molecule has 1 aromatic heterocycles. The fraction of sp³-hybridized carbons (Fsp3) is 0.0345. The number of carbonyl (C=O) groups excluding carboxylic acids is 2. The Morgan fingerprint density at radius 1 is 0.743 bits per heavy atom. The Kier molecular flexibility index (Phi) is 5.85. The lowest BCUT2D eigenvalue weighted by molar-refractivity contribution is 0.0963. The minimum absolute atomic E-state index is 0.216. The molecule has 0 aliphatic carbocycles. The van der Waals surface area contributed by atoms with Crippen molar-refractivity contribution in [2.24, 2.45) is 0 Å². The number of rotatable bonds is 5. The summed E-state index contributed by atoms with van der Waals surface area (Å²) < 4.78 is 19.5. The zero-order chi connectivity index (χ0) is 24.4. The number of nitrogens with one attached hydrogen (secondary N) is 2. The molecule has 35 heavy (non-hydrogen) atoms. The molecule has 6 heteroatoms. The van der Waals surface area contributed by atoms with Gasteiger partial charge in [0, 0.05) is 29.2 Å². The number of halogens is 1. The van der Waals surface area contributed by atoms with Crippen molar-refractivity contribution in [3.8, 4) is 22.5 Å². The summed E-state index contributed by atoms with van der Waals surface area (Å²) >= 11 is 0. The van der Waals surface area contributed by atoms with Gasteiger partial charge in [0.05, 0.1) is 5.56 Å². The lowest BCUT2D eigenvalue weighted by Gasteiger charge is -2.08. The minimum Gasteiger partial charge on any atom is -0.455 e. The van der Waals surface area contributed by atoms with Gasteiger partial charge in [-0.1, -0.05) is 36.4 Å². The molecule has 0 saturated carbocycles. The summed E-state index contributed by atoms with van der Waals surface area (Å²) in [5.41, 5.74) is 4.37. The molecular formula is C29H21FN2O3. The standard InChI is InChI=1S/C29H21FN2O3/c1-31-29(34)26-24-17-20(12-15-25(24)35-27(26)18-10-13-22(30)14-11-18)19-6-5-7-21(16-19)28(33)32-23-8-3-2-4-9-23/h2-17H,1H3,(H,31,34)(H,32,33). The molecule has 4 aromatic carbocycles. The Labute approximate surface area is 201 Å². The normalized spacial score (nSPS) is 10.8. The van der Waals surface area contributed by atoms with E-state index in [1.54, 1.807) is 37.4 Å². The first-order chi connectivity index (χ1) is 17.0. The Morgan fingerprint density at radius 2 is 1.46 bits per heavy atom. The van der Waals surface area contributed by atoms with E-state index in [-0.39, 0.29) is 17.6 Å². The summed E-state index contributed by atoms with van der Waals surface area (Å²) in [4.78, 5) is 25.6. The summed E-state index contributed by atoms with van der Waals surface area (Å²) in [7, 11) is 1.55. The van der Waals surface area contributed by atoms with Gasteiger partial charge in [0.2, 0.25) is 0 Å². The second-order valence-corrected chi connectivity index (χ2v) is 8.00. The number of hydrogen-bond donors (Lipinski definition) is 2. The first-order valence-corrected chi connectivity index (χ1v) is 11.0. The van der Waals surface area contributed by atoms with Crippen molar-refractivity contribution in [2.75, 3.05) is 12.4 Å². The maximum Gasteiger partial charge on any atom is 0.255 e. The molecule has 0 spiro atoms. The van der Waals surface area contributed by atoms with E-state index in [4.69, 9.17) is 4.42 Å². The summed E-state index contributed by atoms with van der Waals surface area (Å²) in [6.07, 6.45) is 0. The van der Waals surface area contributed by atoms with Crippen molar-refractivity contribution in [1.82, 2.24) is 5.32 Å². The highest BCUT2D eigenvalue weighted by Gasteiger charge is 2.22. The minimum atomic E-state index is -0.371. The highest BCUT2D eigenvalue weighted by molar-refractivity contribution is 6.12. The molecule has 2 N–H and O–H groups in total. The molecule has 5 aromatic rings. The third kappa shape index (κ3) is 4.42. The van der Waals surface area contributed by atoms with Gasteiger partial charge in [-0.15, -0.1) is 0 Å². The van der Waals surface area contributed by atoms with Crippen molar-refractivity contribution < 1.29 is 18.4 Å². The number of anilines is 1. The van der Waals surface area contributed by atoms with Crippen LogP contribution in [0.25, 0.3) is 33.4 Å². The van der Waals surface area contributed by atoms with E-state index in [2.05, 4.69) is 10.6 Å². The number of carbonyl (C=O) groups is 2. The van der Waals surface area contributed by atoms with Crippen LogP contribution in [-0.2, 0) is 0 Å². The number of fused-ring (bicyclic) bond motifs is 1. The second kappa shape index (κ2) is 9.27. The second-order valence-electron chi connectivity index (χ2n) is 8.00. The zero-order valence-electron chi connectivity index (χ0n) is 18.8. The van der Waals surface area contributed by atoms with E-state index in [0.29, 0.717) is 39.1 Å². The first kappa shape index (κ1) is 22.1. The van der Waals surface area contributed by atoms with Crippen LogP contribution in [0.5, 0.6) is 0 Å². The predicted octanol–water partition coefficient (Wildman–Crippen LogP) is 6.52. The molecule has 0 unspecified atom stereocenters. The van der Waals surface area contributed by atoms with Gasteiger partial charge in [-0.2, -0.15) is 0 Å². The van der Waals surface area contributed by atoms with Crippen LogP contribution in [0.1, 0.15) is 20.7 Å². The molecule has 172 valence electrons. The lowest BCUT2D eigenvalue weighted by Crippen LogP contribution is -2.18. The highest BCUT2D eigenvalue weighted by atomic mass is 19.1. The Hall–Kier alpha value is -4.71. The van der Waals surface area contributed by atoms with Crippen molar-refractivity contribution in [2.45, 2.75) is 0 Å². The Bertz CT molecular complexity index is 1540. The lowest BCUT2D eigenvalue weighted by atomic mass is 9.99. The van der Waals surface area contributed by atoms with Gasteiger partial charge in [0.25, 0.3) is 11.8 Å². The van der Waals surface area contributed by atoms with Gasteiger partial charge in [-0.05, 0) is 71.8 Å². The van der Waals surface area contributed by atoms with Gasteiger partial charge in [0.1, 0.15) is 17.2 Å². The van der Waals surface area contributed by atoms with Crippen molar-refractivity contribution in [3.05, 3.63) is 114 Å². The smallest absolute Gasteiger partial charge is 0.255 e. The predicted molar refractivity (Wildman–Crippen MR) is 135 cm³/mol. The van der Waals surface area contributed by atoms with Crippen LogP contribution in [0.15, 0.2) is 101 Å². The Balaban J connectivity index is 1.55. The number of amides is 2. The van der Waals surface area contributed by atoms with E-state index in [0.717, 1.165) is 11.1 Å².